The van der Waals surface area contributed by atoms with Crippen molar-refractivity contribution in [3.63, 3.8) is 0 Å². The molecule has 74 valence electrons. The van der Waals surface area contributed by atoms with Gasteiger partial charge in [-0.25, -0.2) is 0 Å². The Morgan fingerprint density at radius 1 is 1.25 bits per heavy atom. The highest BCUT2D eigenvalue weighted by Crippen LogP contribution is 2.11. The normalized spacial score (nSPS) is 10.1. The van der Waals surface area contributed by atoms with Crippen LogP contribution in [0.25, 0.3) is 0 Å². The van der Waals surface area contributed by atoms with Crippen LogP contribution in [0.3, 0.4) is 0 Å². The lowest BCUT2D eigenvalue weighted by Crippen LogP contribution is -2.30. The molecule has 0 rings (SSSR count). The van der Waals surface area contributed by atoms with Crippen molar-refractivity contribution >= 4 is 5.91 Å². The van der Waals surface area contributed by atoms with Gasteiger partial charge in [0.25, 0.3) is 0 Å². The summed E-state index contributed by atoms with van der Waals surface area (Å²) in [5, 5.41) is 15.8. The Labute approximate surface area is 66.8 Å². The zero-order chi connectivity index (χ0) is 10.2. The van der Waals surface area contributed by atoms with Gasteiger partial charge in [0, 0.05) is 13.2 Å². The number of amides is 1. The number of halogens is 3. The second-order valence-corrected chi connectivity index (χ2v) is 1.66. The molecule has 0 aliphatic rings. The van der Waals surface area contributed by atoms with E-state index in [1.807, 2.05) is 0 Å². The zero-order valence-corrected chi connectivity index (χ0v) is 6.14. The van der Waals surface area contributed by atoms with Crippen LogP contribution in [-0.2, 0) is 4.79 Å². The van der Waals surface area contributed by atoms with Crippen molar-refractivity contribution in [1.29, 1.82) is 0 Å². The fraction of sp³-hybridized carbons (Fsp3) is 0.800. The molecule has 1 amide bonds. The zero-order valence-electron chi connectivity index (χ0n) is 6.14. The van der Waals surface area contributed by atoms with Crippen molar-refractivity contribution in [2.75, 3.05) is 13.2 Å². The van der Waals surface area contributed by atoms with Crippen LogP contribution >= 0.6 is 0 Å². The molecule has 0 spiro atoms. The second kappa shape index (κ2) is 6.86. The quantitative estimate of drug-likeness (QED) is 0.542. The van der Waals surface area contributed by atoms with Crippen LogP contribution in [0.5, 0.6) is 0 Å². The molecule has 0 heterocycles. The average Bonchev–Trinajstić information content (AvgIpc) is 1.88. The fourth-order valence-electron chi connectivity index (χ4n) is 0.0707. The Hall–Kier alpha value is -0.820. The lowest BCUT2D eigenvalue weighted by Gasteiger charge is -1.95. The maximum Gasteiger partial charge on any atom is 0.470 e. The third-order valence-electron chi connectivity index (χ3n) is 0.596. The number of rotatable bonds is 2. The molecular weight excluding hydrogens is 179 g/mol. The van der Waals surface area contributed by atoms with Gasteiger partial charge in [0.1, 0.15) is 0 Å². The number of carbonyl (C=O) groups is 1. The summed E-state index contributed by atoms with van der Waals surface area (Å²) in [5.74, 6) is -2.26. The van der Waals surface area contributed by atoms with Crippen molar-refractivity contribution in [2.24, 2.45) is 5.73 Å². The first kappa shape index (κ1) is 13.7. The van der Waals surface area contributed by atoms with Gasteiger partial charge in [0.2, 0.25) is 0 Å². The molecule has 0 aromatic carbocycles. The first-order valence-electron chi connectivity index (χ1n) is 2.94. The number of hydrogen-bond acceptors (Lipinski definition) is 3. The van der Waals surface area contributed by atoms with Crippen LogP contribution in [0.15, 0.2) is 0 Å². The first-order valence-corrected chi connectivity index (χ1v) is 2.94. The Kier molecular flexibility index (Phi) is 7.86. The van der Waals surface area contributed by atoms with Crippen molar-refractivity contribution in [1.82, 2.24) is 0 Å². The van der Waals surface area contributed by atoms with E-state index in [1.54, 1.807) is 0 Å². The molecule has 0 unspecified atom stereocenters. The number of aliphatic hydroxyl groups is 2. The van der Waals surface area contributed by atoms with Crippen LogP contribution in [0.1, 0.15) is 6.42 Å². The molecule has 0 bridgehead atoms. The molecule has 0 aromatic rings. The largest absolute Gasteiger partial charge is 0.470 e. The van der Waals surface area contributed by atoms with Crippen LogP contribution in [-0.4, -0.2) is 35.5 Å². The first-order chi connectivity index (χ1) is 5.36. The number of hydrogen-bond donors (Lipinski definition) is 3. The monoisotopic (exact) mass is 189 g/mol. The van der Waals surface area contributed by atoms with Crippen LogP contribution in [0, 0.1) is 0 Å². The predicted octanol–water partition coefficient (Wildman–Crippen LogP) is -0.605. The minimum absolute atomic E-state index is 0.0938. The van der Waals surface area contributed by atoms with Gasteiger partial charge < -0.3 is 15.9 Å². The van der Waals surface area contributed by atoms with Gasteiger partial charge in [-0.15, -0.1) is 0 Å². The van der Waals surface area contributed by atoms with Gasteiger partial charge in [-0.05, 0) is 6.42 Å². The topological polar surface area (TPSA) is 83.6 Å². The third kappa shape index (κ3) is 11.9. The highest BCUT2D eigenvalue weighted by Gasteiger charge is 2.35. The predicted molar refractivity (Wildman–Crippen MR) is 34.0 cm³/mol. The summed E-state index contributed by atoms with van der Waals surface area (Å²) in [6, 6.07) is 0. The smallest absolute Gasteiger partial charge is 0.396 e. The van der Waals surface area contributed by atoms with Gasteiger partial charge in [-0.1, -0.05) is 0 Å². The second-order valence-electron chi connectivity index (χ2n) is 1.66. The maximum atomic E-state index is 10.7. The molecule has 7 heteroatoms. The summed E-state index contributed by atoms with van der Waals surface area (Å²) in [7, 11) is 0. The summed E-state index contributed by atoms with van der Waals surface area (Å²) in [5.41, 5.74) is 3.81. The maximum absolute atomic E-state index is 10.7. The number of nitrogens with two attached hydrogens (primary N) is 1. The van der Waals surface area contributed by atoms with Crippen LogP contribution in [0.4, 0.5) is 13.2 Å². The summed E-state index contributed by atoms with van der Waals surface area (Å²) >= 11 is 0. The van der Waals surface area contributed by atoms with Gasteiger partial charge >= 0.3 is 12.1 Å². The summed E-state index contributed by atoms with van der Waals surface area (Å²) in [4.78, 5) is 9.12. The molecule has 0 atom stereocenters. The number of carbonyl (C=O) groups excluding carboxylic acids is 1. The standard InChI is InChI=1S/C3H8O2.C2H2F3NO/c4-2-1-3-5;3-2(4,5)1(6)7/h4-5H,1-3H2;(H2,6,7). The lowest BCUT2D eigenvalue weighted by atomic mass is 10.5. The van der Waals surface area contributed by atoms with Gasteiger partial charge in [0.15, 0.2) is 0 Å². The fourth-order valence-corrected chi connectivity index (χ4v) is 0.0707. The SMILES string of the molecule is NC(=O)C(F)(F)F.OCCCO. The van der Waals surface area contributed by atoms with E-state index >= 15 is 0 Å². The molecule has 0 fully saturated rings. The highest BCUT2D eigenvalue weighted by atomic mass is 19.4. The summed E-state index contributed by atoms with van der Waals surface area (Å²) < 4.78 is 32.1. The molecule has 0 aromatic heterocycles. The minimum atomic E-state index is -4.86. The Morgan fingerprint density at radius 2 is 1.50 bits per heavy atom. The average molecular weight is 189 g/mol. The van der Waals surface area contributed by atoms with Crippen molar-refractivity contribution < 1.29 is 28.2 Å². The van der Waals surface area contributed by atoms with E-state index in [2.05, 4.69) is 5.73 Å². The third-order valence-corrected chi connectivity index (χ3v) is 0.596. The lowest BCUT2D eigenvalue weighted by molar-refractivity contribution is -0.169. The van der Waals surface area contributed by atoms with Crippen LogP contribution < -0.4 is 5.73 Å². The Morgan fingerprint density at radius 3 is 1.50 bits per heavy atom. The Bertz CT molecular complexity index is 124. The molecule has 4 N–H and O–H groups in total. The van der Waals surface area contributed by atoms with Crippen molar-refractivity contribution in [3.8, 4) is 0 Å². The molecule has 4 nitrogen and oxygen atoms in total. The van der Waals surface area contributed by atoms with Crippen LogP contribution in [0.2, 0.25) is 0 Å². The van der Waals surface area contributed by atoms with Gasteiger partial charge in [-0.3, -0.25) is 4.79 Å². The molecule has 0 aliphatic heterocycles. The summed E-state index contributed by atoms with van der Waals surface area (Å²) in [6.45, 7) is 0.188. The molecule has 12 heavy (non-hydrogen) atoms. The van der Waals surface area contributed by atoms with E-state index in [-0.39, 0.29) is 13.2 Å². The van der Waals surface area contributed by atoms with Gasteiger partial charge in [0.05, 0.1) is 0 Å². The van der Waals surface area contributed by atoms with Crippen molar-refractivity contribution in [2.45, 2.75) is 12.6 Å². The summed E-state index contributed by atoms with van der Waals surface area (Å²) in [6.07, 6.45) is -4.36. The van der Waals surface area contributed by atoms with Gasteiger partial charge in [-0.2, -0.15) is 13.2 Å². The van der Waals surface area contributed by atoms with E-state index < -0.39 is 12.1 Å². The number of primary amides is 1. The van der Waals surface area contributed by atoms with E-state index in [1.165, 1.54) is 0 Å². The van der Waals surface area contributed by atoms with Crippen molar-refractivity contribution in [3.05, 3.63) is 0 Å². The van der Waals surface area contributed by atoms with E-state index in [0.717, 1.165) is 0 Å². The highest BCUT2D eigenvalue weighted by molar-refractivity contribution is 5.79. The van der Waals surface area contributed by atoms with E-state index in [4.69, 9.17) is 15.0 Å². The number of aliphatic hydroxyl groups excluding tert-OH is 2. The number of alkyl halides is 3. The molecular formula is C5H10F3NO3. The molecule has 0 saturated carbocycles. The molecule has 0 radical (unpaired) electrons. The Balaban J connectivity index is 0. The van der Waals surface area contributed by atoms with E-state index in [0.29, 0.717) is 6.42 Å². The minimum Gasteiger partial charge on any atom is -0.396 e. The molecule has 0 saturated heterocycles. The van der Waals surface area contributed by atoms with E-state index in [9.17, 15) is 13.2 Å². The molecule has 0 aliphatic carbocycles.